The van der Waals surface area contributed by atoms with Gasteiger partial charge in [-0.1, -0.05) is 41.6 Å². The van der Waals surface area contributed by atoms with E-state index in [-0.39, 0.29) is 7.27 Å². The van der Waals surface area contributed by atoms with E-state index in [2.05, 4.69) is 30.3 Å². The smallest absolute Gasteiger partial charge is 0.0180 e. The quantitative estimate of drug-likeness (QED) is 0.595. The van der Waals surface area contributed by atoms with Gasteiger partial charge in [0, 0.05) is 5.66 Å². The normalized spacial score (nSPS) is 29.1. The molecule has 2 heteroatoms. The van der Waals surface area contributed by atoms with Crippen LogP contribution >= 0.6 is 18.5 Å². The predicted molar refractivity (Wildman–Crippen MR) is 56.1 cm³/mol. The standard InChI is InChI=1S/C10H12ClP/c11-12-8-4-7-10(12)9-5-2-1-3-6-9/h1-3,5-6,10H,4,7-8H2/t10-,12?/m0/s1. The van der Waals surface area contributed by atoms with Gasteiger partial charge in [-0.2, -0.15) is 0 Å². The third-order valence-corrected chi connectivity index (χ3v) is 5.56. The fourth-order valence-electron chi connectivity index (χ4n) is 1.74. The number of hydrogen-bond acceptors (Lipinski definition) is 0. The molecule has 1 heterocycles. The number of benzene rings is 1. The van der Waals surface area contributed by atoms with Crippen LogP contribution < -0.4 is 0 Å². The predicted octanol–water partition coefficient (Wildman–Crippen LogP) is 4.16. The Morgan fingerprint density at radius 1 is 1.25 bits per heavy atom. The van der Waals surface area contributed by atoms with Gasteiger partial charge in [0.05, 0.1) is 0 Å². The topological polar surface area (TPSA) is 0 Å². The van der Waals surface area contributed by atoms with E-state index in [1.807, 2.05) is 0 Å². The fourth-order valence-corrected chi connectivity index (χ4v) is 4.48. The Kier molecular flexibility index (Phi) is 2.68. The molecule has 0 N–H and O–H groups in total. The summed E-state index contributed by atoms with van der Waals surface area (Å²) in [6.07, 6.45) is 3.85. The van der Waals surface area contributed by atoms with Gasteiger partial charge in [-0.25, -0.2) is 0 Å². The van der Waals surface area contributed by atoms with Crippen LogP contribution in [0.1, 0.15) is 24.1 Å². The molecule has 1 saturated heterocycles. The van der Waals surface area contributed by atoms with Gasteiger partial charge in [0.1, 0.15) is 0 Å². The van der Waals surface area contributed by atoms with Crippen LogP contribution in [-0.4, -0.2) is 6.16 Å². The molecule has 1 aliphatic rings. The first-order valence-electron chi connectivity index (χ1n) is 4.35. The molecular formula is C10H12ClP. The molecule has 1 unspecified atom stereocenters. The maximum absolute atomic E-state index is 6.28. The van der Waals surface area contributed by atoms with Gasteiger partial charge in [0.15, 0.2) is 0 Å². The maximum atomic E-state index is 6.28. The highest BCUT2D eigenvalue weighted by molar-refractivity contribution is 7.84. The first kappa shape index (κ1) is 8.53. The average Bonchev–Trinajstić information content (AvgIpc) is 2.53. The van der Waals surface area contributed by atoms with Crippen molar-refractivity contribution < 1.29 is 0 Å². The summed E-state index contributed by atoms with van der Waals surface area (Å²) >= 11 is 6.28. The van der Waals surface area contributed by atoms with Crippen molar-refractivity contribution in [3.8, 4) is 0 Å². The summed E-state index contributed by atoms with van der Waals surface area (Å²) in [6, 6.07) is 10.7. The lowest BCUT2D eigenvalue weighted by Crippen LogP contribution is -1.87. The minimum Gasteiger partial charge on any atom is -0.0958 e. The summed E-state index contributed by atoms with van der Waals surface area (Å²) in [4.78, 5) is 0. The van der Waals surface area contributed by atoms with Crippen LogP contribution in [0.25, 0.3) is 0 Å². The zero-order valence-electron chi connectivity index (χ0n) is 6.91. The van der Waals surface area contributed by atoms with Crippen molar-refractivity contribution in [1.82, 2.24) is 0 Å². The zero-order chi connectivity index (χ0) is 8.39. The van der Waals surface area contributed by atoms with Gasteiger partial charge < -0.3 is 0 Å². The molecule has 64 valence electrons. The zero-order valence-corrected chi connectivity index (χ0v) is 8.56. The number of rotatable bonds is 1. The second kappa shape index (κ2) is 3.77. The second-order valence-corrected chi connectivity index (χ2v) is 6.36. The van der Waals surface area contributed by atoms with Gasteiger partial charge in [-0.05, 0) is 31.8 Å². The molecule has 0 aromatic heterocycles. The Labute approximate surface area is 79.5 Å². The Balaban J connectivity index is 2.19. The highest BCUT2D eigenvalue weighted by Crippen LogP contribution is 2.62. The number of hydrogen-bond donors (Lipinski definition) is 0. The van der Waals surface area contributed by atoms with E-state index in [4.69, 9.17) is 11.2 Å². The van der Waals surface area contributed by atoms with Gasteiger partial charge in [0.25, 0.3) is 0 Å². The summed E-state index contributed by atoms with van der Waals surface area (Å²) in [7, 11) is -0.233. The van der Waals surface area contributed by atoms with Gasteiger partial charge in [-0.15, -0.1) is 0 Å². The average molecular weight is 199 g/mol. The highest BCUT2D eigenvalue weighted by atomic mass is 35.7. The van der Waals surface area contributed by atoms with E-state index >= 15 is 0 Å². The van der Waals surface area contributed by atoms with Gasteiger partial charge >= 0.3 is 0 Å². The molecule has 0 amide bonds. The third kappa shape index (κ3) is 1.65. The summed E-state index contributed by atoms with van der Waals surface area (Å²) in [5, 5.41) is 0. The molecule has 0 radical (unpaired) electrons. The Morgan fingerprint density at radius 2 is 2.00 bits per heavy atom. The molecular weight excluding hydrogens is 187 g/mol. The largest absolute Gasteiger partial charge is 0.0958 e. The van der Waals surface area contributed by atoms with Crippen molar-refractivity contribution in [1.29, 1.82) is 0 Å². The molecule has 0 spiro atoms. The lowest BCUT2D eigenvalue weighted by molar-refractivity contribution is 0.828. The molecule has 0 aliphatic carbocycles. The van der Waals surface area contributed by atoms with Crippen LogP contribution in [0.2, 0.25) is 0 Å². The molecule has 0 nitrogen and oxygen atoms in total. The SMILES string of the molecule is ClP1CCC[C@H]1c1ccccc1. The van der Waals surface area contributed by atoms with Crippen molar-refractivity contribution in [2.24, 2.45) is 0 Å². The first-order chi connectivity index (χ1) is 5.88. The monoisotopic (exact) mass is 198 g/mol. The van der Waals surface area contributed by atoms with Crippen LogP contribution in [0.15, 0.2) is 30.3 Å². The van der Waals surface area contributed by atoms with Crippen LogP contribution in [0.3, 0.4) is 0 Å². The van der Waals surface area contributed by atoms with Gasteiger partial charge in [0.2, 0.25) is 0 Å². The minimum absolute atomic E-state index is 0.233. The lowest BCUT2D eigenvalue weighted by atomic mass is 10.1. The van der Waals surface area contributed by atoms with Crippen molar-refractivity contribution >= 4 is 18.5 Å². The molecule has 1 fully saturated rings. The number of halogens is 1. The van der Waals surface area contributed by atoms with Crippen molar-refractivity contribution in [2.75, 3.05) is 6.16 Å². The molecule has 0 saturated carbocycles. The van der Waals surface area contributed by atoms with Gasteiger partial charge in [-0.3, -0.25) is 0 Å². The summed E-state index contributed by atoms with van der Waals surface area (Å²) in [6.45, 7) is 0. The second-order valence-electron chi connectivity index (χ2n) is 3.19. The van der Waals surface area contributed by atoms with E-state index in [1.165, 1.54) is 24.6 Å². The summed E-state index contributed by atoms with van der Waals surface area (Å²) in [5.74, 6) is 0. The van der Waals surface area contributed by atoms with Crippen molar-refractivity contribution in [3.05, 3.63) is 35.9 Å². The Morgan fingerprint density at radius 3 is 2.58 bits per heavy atom. The van der Waals surface area contributed by atoms with E-state index < -0.39 is 0 Å². The minimum atomic E-state index is -0.233. The van der Waals surface area contributed by atoms with Crippen LogP contribution in [-0.2, 0) is 0 Å². The van der Waals surface area contributed by atoms with E-state index in [1.54, 1.807) is 0 Å². The summed E-state index contributed by atoms with van der Waals surface area (Å²) in [5.41, 5.74) is 2.11. The van der Waals surface area contributed by atoms with E-state index in [0.29, 0.717) is 5.66 Å². The third-order valence-electron chi connectivity index (χ3n) is 2.37. The molecule has 1 aromatic carbocycles. The van der Waals surface area contributed by atoms with Crippen LogP contribution in [0.4, 0.5) is 0 Å². The van der Waals surface area contributed by atoms with Crippen molar-refractivity contribution in [3.63, 3.8) is 0 Å². The highest BCUT2D eigenvalue weighted by Gasteiger charge is 2.25. The Bertz CT molecular complexity index is 247. The molecule has 0 bridgehead atoms. The maximum Gasteiger partial charge on any atom is 0.0180 e. The summed E-state index contributed by atoms with van der Waals surface area (Å²) < 4.78 is 0. The van der Waals surface area contributed by atoms with Crippen LogP contribution in [0, 0.1) is 0 Å². The molecule has 2 atom stereocenters. The van der Waals surface area contributed by atoms with E-state index in [0.717, 1.165) is 0 Å². The van der Waals surface area contributed by atoms with Crippen molar-refractivity contribution in [2.45, 2.75) is 18.5 Å². The molecule has 2 rings (SSSR count). The molecule has 1 aliphatic heterocycles. The molecule has 1 aromatic rings. The fraction of sp³-hybridized carbons (Fsp3) is 0.400. The first-order valence-corrected chi connectivity index (χ1v) is 6.85. The lowest BCUT2D eigenvalue weighted by Gasteiger charge is -2.13. The Hall–Kier alpha value is -0.0600. The van der Waals surface area contributed by atoms with Crippen LogP contribution in [0.5, 0.6) is 0 Å². The molecule has 12 heavy (non-hydrogen) atoms. The van der Waals surface area contributed by atoms with E-state index in [9.17, 15) is 0 Å².